The number of piperidine rings is 1. The van der Waals surface area contributed by atoms with Gasteiger partial charge in [0.25, 0.3) is 0 Å². The van der Waals surface area contributed by atoms with Gasteiger partial charge in [0.05, 0.1) is 11.7 Å². The van der Waals surface area contributed by atoms with Gasteiger partial charge >= 0.3 is 0 Å². The summed E-state index contributed by atoms with van der Waals surface area (Å²) in [6, 6.07) is 9.40. The molecule has 0 bridgehead atoms. The fraction of sp³-hybridized carbons (Fsp3) is 0.364. The average Bonchev–Trinajstić information content (AvgIpc) is 3.26. The van der Waals surface area contributed by atoms with Gasteiger partial charge in [-0.05, 0) is 43.0 Å². The molecule has 1 unspecified atom stereocenters. The molecule has 0 saturated carbocycles. The lowest BCUT2D eigenvalue weighted by atomic mass is 9.93. The fourth-order valence-electron chi connectivity index (χ4n) is 3.87. The summed E-state index contributed by atoms with van der Waals surface area (Å²) >= 11 is 6.25. The normalized spacial score (nSPS) is 16.5. The summed E-state index contributed by atoms with van der Waals surface area (Å²) in [4.78, 5) is 26.4. The number of hydrogen-bond donors (Lipinski definition) is 0. The van der Waals surface area contributed by atoms with Gasteiger partial charge in [-0.15, -0.1) is 0 Å². The maximum absolute atomic E-state index is 13.2. The van der Waals surface area contributed by atoms with Crippen molar-refractivity contribution in [3.05, 3.63) is 59.6 Å². The molecule has 0 spiro atoms. The number of rotatable bonds is 5. The number of aromatic nitrogens is 4. The van der Waals surface area contributed by atoms with Crippen LogP contribution in [0.5, 0.6) is 0 Å². The lowest BCUT2D eigenvalue weighted by Gasteiger charge is -2.36. The first-order valence-corrected chi connectivity index (χ1v) is 10.5. The smallest absolute Gasteiger partial charge is 0.244 e. The molecule has 1 fully saturated rings. The molecule has 3 aromatic rings. The van der Waals surface area contributed by atoms with Gasteiger partial charge in [0.15, 0.2) is 0 Å². The van der Waals surface area contributed by atoms with Crippen molar-refractivity contribution < 1.29 is 4.79 Å². The lowest BCUT2D eigenvalue weighted by molar-refractivity contribution is -0.136. The maximum atomic E-state index is 13.2. The van der Waals surface area contributed by atoms with Crippen LogP contribution in [0.25, 0.3) is 11.1 Å². The molecular weight excluding hydrogens is 400 g/mol. The van der Waals surface area contributed by atoms with Gasteiger partial charge in [0, 0.05) is 49.8 Å². The quantitative estimate of drug-likeness (QED) is 0.623. The topological polar surface area (TPSA) is 67.2 Å². The third-order valence-electron chi connectivity index (χ3n) is 5.34. The van der Waals surface area contributed by atoms with Gasteiger partial charge in [-0.3, -0.25) is 9.48 Å². The van der Waals surface area contributed by atoms with E-state index in [1.807, 2.05) is 66.6 Å². The van der Waals surface area contributed by atoms with Gasteiger partial charge in [0.1, 0.15) is 6.54 Å². The van der Waals surface area contributed by atoms with Crippen LogP contribution >= 0.6 is 11.6 Å². The number of anilines is 1. The number of likely N-dealkylation sites (tertiary alicyclic amines) is 1. The van der Waals surface area contributed by atoms with Crippen molar-refractivity contribution in [1.29, 1.82) is 0 Å². The van der Waals surface area contributed by atoms with Crippen molar-refractivity contribution in [3.8, 4) is 11.1 Å². The van der Waals surface area contributed by atoms with Crippen molar-refractivity contribution in [2.45, 2.75) is 31.8 Å². The molecule has 0 N–H and O–H groups in total. The Morgan fingerprint density at radius 3 is 2.87 bits per heavy atom. The molecule has 2 aromatic heterocycles. The van der Waals surface area contributed by atoms with Crippen molar-refractivity contribution in [1.82, 2.24) is 24.6 Å². The van der Waals surface area contributed by atoms with Gasteiger partial charge in [-0.1, -0.05) is 23.7 Å². The van der Waals surface area contributed by atoms with Crippen LogP contribution in [-0.4, -0.2) is 51.2 Å². The van der Waals surface area contributed by atoms with E-state index in [0.717, 1.165) is 36.1 Å². The van der Waals surface area contributed by atoms with Crippen LogP contribution in [0.4, 0.5) is 5.95 Å². The largest absolute Gasteiger partial charge is 0.347 e. The summed E-state index contributed by atoms with van der Waals surface area (Å²) in [5.41, 5.74) is 2.73. The summed E-state index contributed by atoms with van der Waals surface area (Å²) in [6.45, 7) is 0.933. The van der Waals surface area contributed by atoms with Crippen molar-refractivity contribution >= 4 is 23.5 Å². The molecule has 0 aliphatic carbocycles. The Kier molecular flexibility index (Phi) is 5.99. The average molecular weight is 425 g/mol. The highest BCUT2D eigenvalue weighted by Gasteiger charge is 2.31. The molecule has 8 heteroatoms. The number of nitrogens with zero attached hydrogens (tertiary/aromatic N) is 6. The molecule has 1 aliphatic heterocycles. The van der Waals surface area contributed by atoms with Gasteiger partial charge < -0.3 is 9.80 Å². The van der Waals surface area contributed by atoms with Crippen LogP contribution in [0.15, 0.2) is 48.9 Å². The zero-order valence-corrected chi connectivity index (χ0v) is 18.0. The van der Waals surface area contributed by atoms with Crippen LogP contribution in [0, 0.1) is 0 Å². The molecule has 0 radical (unpaired) electrons. The van der Waals surface area contributed by atoms with E-state index in [1.165, 1.54) is 0 Å². The number of amides is 1. The Bertz CT molecular complexity index is 1020. The standard InChI is InChI=1S/C22H25ClN6O/c1-27(2)22-24-14-18(16-7-5-8-17(23)13-16)21(26-22)19-9-3-4-12-29(19)20(30)15-28-11-6-10-25-28/h5-8,10-11,13-14,19H,3-4,9,12,15H2,1-2H3. The number of halogens is 1. The number of hydrogen-bond acceptors (Lipinski definition) is 5. The maximum Gasteiger partial charge on any atom is 0.244 e. The van der Waals surface area contributed by atoms with Crippen LogP contribution in [0.2, 0.25) is 5.02 Å². The second kappa shape index (κ2) is 8.83. The van der Waals surface area contributed by atoms with Crippen LogP contribution < -0.4 is 4.90 Å². The zero-order chi connectivity index (χ0) is 21.1. The van der Waals surface area contributed by atoms with Crippen LogP contribution in [-0.2, 0) is 11.3 Å². The molecule has 7 nitrogen and oxygen atoms in total. The minimum Gasteiger partial charge on any atom is -0.347 e. The molecule has 4 rings (SSSR count). The molecule has 1 saturated heterocycles. The van der Waals surface area contributed by atoms with E-state index >= 15 is 0 Å². The summed E-state index contributed by atoms with van der Waals surface area (Å²) in [7, 11) is 3.83. The third kappa shape index (κ3) is 4.31. The Labute approximate surface area is 181 Å². The highest BCUT2D eigenvalue weighted by Crippen LogP contribution is 2.37. The third-order valence-corrected chi connectivity index (χ3v) is 5.57. The molecule has 3 heterocycles. The van der Waals surface area contributed by atoms with E-state index in [-0.39, 0.29) is 18.5 Å². The predicted molar refractivity (Wildman–Crippen MR) is 117 cm³/mol. The van der Waals surface area contributed by atoms with E-state index < -0.39 is 0 Å². The Morgan fingerprint density at radius 2 is 2.13 bits per heavy atom. The summed E-state index contributed by atoms with van der Waals surface area (Å²) in [5, 5.41) is 4.84. The van der Waals surface area contributed by atoms with E-state index in [1.54, 1.807) is 10.9 Å². The van der Waals surface area contributed by atoms with Crippen LogP contribution in [0.1, 0.15) is 31.0 Å². The van der Waals surface area contributed by atoms with Gasteiger partial charge in [0.2, 0.25) is 11.9 Å². The summed E-state index contributed by atoms with van der Waals surface area (Å²) in [5.74, 6) is 0.672. The number of carbonyl (C=O) groups excluding carboxylic acids is 1. The second-order valence-electron chi connectivity index (χ2n) is 7.68. The van der Waals surface area contributed by atoms with Crippen LogP contribution in [0.3, 0.4) is 0 Å². The molecule has 1 aromatic carbocycles. The van der Waals surface area contributed by atoms with E-state index in [2.05, 4.69) is 10.1 Å². The molecular formula is C22H25ClN6O. The summed E-state index contributed by atoms with van der Waals surface area (Å²) < 4.78 is 1.66. The Morgan fingerprint density at radius 1 is 1.27 bits per heavy atom. The SMILES string of the molecule is CN(C)c1ncc(-c2cccc(Cl)c2)c(C2CCCCN2C(=O)Cn2cccn2)n1. The first-order valence-electron chi connectivity index (χ1n) is 10.1. The van der Waals surface area contributed by atoms with E-state index in [9.17, 15) is 4.79 Å². The predicted octanol–water partition coefficient (Wildman–Crippen LogP) is 3.81. The van der Waals surface area contributed by atoms with E-state index in [0.29, 0.717) is 17.5 Å². The van der Waals surface area contributed by atoms with E-state index in [4.69, 9.17) is 16.6 Å². The monoisotopic (exact) mass is 424 g/mol. The van der Waals surface area contributed by atoms with Crippen molar-refractivity contribution in [3.63, 3.8) is 0 Å². The minimum absolute atomic E-state index is 0.0467. The Hall–Kier alpha value is -2.93. The zero-order valence-electron chi connectivity index (χ0n) is 17.2. The van der Waals surface area contributed by atoms with Crippen molar-refractivity contribution in [2.75, 3.05) is 25.5 Å². The van der Waals surface area contributed by atoms with Gasteiger partial charge in [-0.2, -0.15) is 5.10 Å². The highest BCUT2D eigenvalue weighted by atomic mass is 35.5. The fourth-order valence-corrected chi connectivity index (χ4v) is 4.06. The van der Waals surface area contributed by atoms with Gasteiger partial charge in [-0.25, -0.2) is 9.97 Å². The van der Waals surface area contributed by atoms with Crippen molar-refractivity contribution in [2.24, 2.45) is 0 Å². The number of carbonyl (C=O) groups is 1. The molecule has 1 aliphatic rings. The molecule has 30 heavy (non-hydrogen) atoms. The Balaban J connectivity index is 1.75. The molecule has 1 atom stereocenters. The first-order chi connectivity index (χ1) is 14.5. The molecule has 1 amide bonds. The molecule has 156 valence electrons. The number of benzene rings is 1. The second-order valence-corrected chi connectivity index (χ2v) is 8.11. The first kappa shape index (κ1) is 20.3. The minimum atomic E-state index is -0.113. The summed E-state index contributed by atoms with van der Waals surface area (Å²) in [6.07, 6.45) is 8.23. The lowest BCUT2D eigenvalue weighted by Crippen LogP contribution is -2.41. The highest BCUT2D eigenvalue weighted by molar-refractivity contribution is 6.30.